The molecule has 10 heteroatoms. The number of carbonyl (C=O) groups excluding carboxylic acids is 1. The lowest BCUT2D eigenvalue weighted by atomic mass is 10.2. The van der Waals surface area contributed by atoms with Crippen LogP contribution in [-0.4, -0.2) is 24.5 Å². The monoisotopic (exact) mass is 436 g/mol. The lowest BCUT2D eigenvalue weighted by Crippen LogP contribution is -2.15. The van der Waals surface area contributed by atoms with Gasteiger partial charge in [-0.1, -0.05) is 27.2 Å². The first-order valence-electron chi connectivity index (χ1n) is 7.33. The Kier molecular flexibility index (Phi) is 5.05. The first-order valence-corrected chi connectivity index (χ1v) is 9.61. The Balaban J connectivity index is 1.78. The minimum Gasteiger partial charge on any atom is -0.315 e. The molecule has 0 aliphatic heterocycles. The molecule has 0 saturated heterocycles. The van der Waals surface area contributed by atoms with E-state index in [0.717, 1.165) is 4.47 Å². The summed E-state index contributed by atoms with van der Waals surface area (Å²) in [5.41, 5.74) is 0.485. The average molecular weight is 437 g/mol. The molecule has 1 amide bonds. The first-order chi connectivity index (χ1) is 12.3. The minimum atomic E-state index is -3.77. The largest absolute Gasteiger partial charge is 0.328 e. The van der Waals surface area contributed by atoms with Crippen molar-refractivity contribution in [1.82, 2.24) is 10.1 Å². The van der Waals surface area contributed by atoms with E-state index in [1.165, 1.54) is 24.3 Å². The second-order valence-corrected chi connectivity index (χ2v) is 7.84. The Bertz CT molecular complexity index is 1050. The molecule has 8 nitrogen and oxygen atoms in total. The molecule has 0 saturated carbocycles. The van der Waals surface area contributed by atoms with Crippen LogP contribution in [0.15, 0.2) is 62.4 Å². The molecular weight excluding hydrogens is 424 g/mol. The molecule has 2 aromatic carbocycles. The topological polar surface area (TPSA) is 114 Å². The Labute approximate surface area is 157 Å². The van der Waals surface area contributed by atoms with E-state index in [0.29, 0.717) is 5.82 Å². The second kappa shape index (κ2) is 7.26. The highest BCUT2D eigenvalue weighted by Crippen LogP contribution is 2.19. The van der Waals surface area contributed by atoms with E-state index < -0.39 is 15.9 Å². The Morgan fingerprint density at radius 2 is 1.88 bits per heavy atom. The number of hydrogen-bond acceptors (Lipinski definition) is 6. The number of halogens is 1. The van der Waals surface area contributed by atoms with Crippen LogP contribution in [0.1, 0.15) is 16.2 Å². The van der Waals surface area contributed by atoms with Gasteiger partial charge in [-0.25, -0.2) is 8.42 Å². The Morgan fingerprint density at radius 3 is 2.54 bits per heavy atom. The van der Waals surface area contributed by atoms with E-state index in [-0.39, 0.29) is 22.2 Å². The fraction of sp³-hybridized carbons (Fsp3) is 0.0625. The number of nitrogens with one attached hydrogen (secondary N) is 2. The third-order valence-corrected chi connectivity index (χ3v) is 5.17. The van der Waals surface area contributed by atoms with Crippen molar-refractivity contribution < 1.29 is 17.7 Å². The predicted octanol–water partition coefficient (Wildman–Crippen LogP) is 3.19. The van der Waals surface area contributed by atoms with Gasteiger partial charge in [0, 0.05) is 15.7 Å². The van der Waals surface area contributed by atoms with Crippen LogP contribution in [0.2, 0.25) is 0 Å². The van der Waals surface area contributed by atoms with Crippen molar-refractivity contribution in [2.24, 2.45) is 0 Å². The van der Waals surface area contributed by atoms with E-state index in [2.05, 4.69) is 36.1 Å². The summed E-state index contributed by atoms with van der Waals surface area (Å²) in [6, 6.07) is 12.2. The maximum absolute atomic E-state index is 12.4. The molecule has 0 aliphatic rings. The van der Waals surface area contributed by atoms with Gasteiger partial charge >= 0.3 is 6.01 Å². The molecule has 2 N–H and O–H groups in total. The van der Waals surface area contributed by atoms with E-state index in [1.807, 2.05) is 0 Å². The summed E-state index contributed by atoms with van der Waals surface area (Å²) < 4.78 is 32.9. The van der Waals surface area contributed by atoms with Gasteiger partial charge < -0.3 is 4.52 Å². The standard InChI is InChI=1S/C16H13BrN4O4S/c1-10-18-16(25-20-10)19-15(22)11-3-2-4-13(9-11)21-26(23,24)14-7-5-12(17)6-8-14/h2-9,21H,1H3,(H,18,19,20,22). The molecule has 0 radical (unpaired) electrons. The summed E-state index contributed by atoms with van der Waals surface area (Å²) >= 11 is 3.26. The van der Waals surface area contributed by atoms with Gasteiger partial charge in [-0.3, -0.25) is 14.8 Å². The van der Waals surface area contributed by atoms with Gasteiger partial charge in [-0.15, -0.1) is 0 Å². The molecule has 0 bridgehead atoms. The number of aryl methyl sites for hydroxylation is 1. The minimum absolute atomic E-state index is 0.0339. The zero-order valence-corrected chi connectivity index (χ0v) is 15.8. The lowest BCUT2D eigenvalue weighted by Gasteiger charge is -2.09. The fourth-order valence-electron chi connectivity index (χ4n) is 2.07. The van der Waals surface area contributed by atoms with Crippen molar-refractivity contribution in [1.29, 1.82) is 0 Å². The van der Waals surface area contributed by atoms with Crippen molar-refractivity contribution in [3.8, 4) is 0 Å². The molecular formula is C16H13BrN4O4S. The molecule has 0 unspecified atom stereocenters. The molecule has 0 atom stereocenters. The van der Waals surface area contributed by atoms with Crippen molar-refractivity contribution in [3.05, 3.63) is 64.4 Å². The first kappa shape index (κ1) is 18.1. The van der Waals surface area contributed by atoms with Crippen molar-refractivity contribution >= 4 is 43.6 Å². The number of aromatic nitrogens is 2. The molecule has 1 aromatic heterocycles. The van der Waals surface area contributed by atoms with Crippen molar-refractivity contribution in [2.45, 2.75) is 11.8 Å². The Morgan fingerprint density at radius 1 is 1.15 bits per heavy atom. The number of benzene rings is 2. The number of amides is 1. The van der Waals surface area contributed by atoms with E-state index in [1.54, 1.807) is 31.2 Å². The molecule has 3 rings (SSSR count). The second-order valence-electron chi connectivity index (χ2n) is 5.24. The number of rotatable bonds is 5. The smallest absolute Gasteiger partial charge is 0.315 e. The highest BCUT2D eigenvalue weighted by atomic mass is 79.9. The van der Waals surface area contributed by atoms with Crippen molar-refractivity contribution in [2.75, 3.05) is 10.0 Å². The molecule has 1 heterocycles. The molecule has 0 aliphatic carbocycles. The predicted molar refractivity (Wildman–Crippen MR) is 98.4 cm³/mol. The quantitative estimate of drug-likeness (QED) is 0.634. The van der Waals surface area contributed by atoms with Crippen LogP contribution in [0.4, 0.5) is 11.7 Å². The molecule has 0 fully saturated rings. The molecule has 26 heavy (non-hydrogen) atoms. The summed E-state index contributed by atoms with van der Waals surface area (Å²) in [7, 11) is -3.77. The van der Waals surface area contributed by atoms with Crippen LogP contribution >= 0.6 is 15.9 Å². The zero-order chi connectivity index (χ0) is 18.7. The van der Waals surface area contributed by atoms with Gasteiger partial charge in [0.05, 0.1) is 4.90 Å². The van der Waals surface area contributed by atoms with Crippen LogP contribution in [-0.2, 0) is 10.0 Å². The van der Waals surface area contributed by atoms with Gasteiger partial charge in [-0.2, -0.15) is 4.98 Å². The average Bonchev–Trinajstić information content (AvgIpc) is 3.00. The lowest BCUT2D eigenvalue weighted by molar-refractivity contribution is 0.102. The van der Waals surface area contributed by atoms with Crippen LogP contribution in [0.25, 0.3) is 0 Å². The third kappa shape index (κ3) is 4.27. The molecule has 134 valence electrons. The summed E-state index contributed by atoms with van der Waals surface area (Å²) in [6.45, 7) is 1.62. The number of carbonyl (C=O) groups is 1. The number of hydrogen-bond donors (Lipinski definition) is 2. The van der Waals surface area contributed by atoms with Gasteiger partial charge in [0.15, 0.2) is 5.82 Å². The number of anilines is 2. The highest BCUT2D eigenvalue weighted by molar-refractivity contribution is 9.10. The summed E-state index contributed by atoms with van der Waals surface area (Å²) in [5.74, 6) is -0.116. The van der Waals surface area contributed by atoms with Crippen molar-refractivity contribution in [3.63, 3.8) is 0 Å². The highest BCUT2D eigenvalue weighted by Gasteiger charge is 2.16. The number of sulfonamides is 1. The summed E-state index contributed by atoms with van der Waals surface area (Å²) in [6.07, 6.45) is 0. The SMILES string of the molecule is Cc1noc(NC(=O)c2cccc(NS(=O)(=O)c3ccc(Br)cc3)c2)n1. The molecule has 3 aromatic rings. The number of nitrogens with zero attached hydrogens (tertiary/aromatic N) is 2. The summed E-state index contributed by atoms with van der Waals surface area (Å²) in [5, 5.41) is 6.02. The molecule has 0 spiro atoms. The summed E-state index contributed by atoms with van der Waals surface area (Å²) in [4.78, 5) is 16.2. The van der Waals surface area contributed by atoms with Crippen LogP contribution < -0.4 is 10.0 Å². The van der Waals surface area contributed by atoms with E-state index in [4.69, 9.17) is 4.52 Å². The zero-order valence-electron chi connectivity index (χ0n) is 13.4. The van der Waals surface area contributed by atoms with Gasteiger partial charge in [0.2, 0.25) is 0 Å². The van der Waals surface area contributed by atoms with E-state index >= 15 is 0 Å². The Hall–Kier alpha value is -2.72. The normalized spacial score (nSPS) is 11.2. The van der Waals surface area contributed by atoms with Gasteiger partial charge in [0.1, 0.15) is 0 Å². The maximum atomic E-state index is 12.4. The van der Waals surface area contributed by atoms with E-state index in [9.17, 15) is 13.2 Å². The van der Waals surface area contributed by atoms with Crippen LogP contribution in [0.3, 0.4) is 0 Å². The maximum Gasteiger partial charge on any atom is 0.328 e. The van der Waals surface area contributed by atoms with Gasteiger partial charge in [0.25, 0.3) is 15.9 Å². The third-order valence-electron chi connectivity index (χ3n) is 3.25. The fourth-order valence-corrected chi connectivity index (χ4v) is 3.38. The van der Waals surface area contributed by atoms with Gasteiger partial charge in [-0.05, 0) is 49.4 Å². The van der Waals surface area contributed by atoms with Crippen LogP contribution in [0.5, 0.6) is 0 Å². The van der Waals surface area contributed by atoms with Crippen LogP contribution in [0, 0.1) is 6.92 Å².